The molecule has 2 aromatic heterocycles. The minimum atomic E-state index is -0.330. The first-order chi connectivity index (χ1) is 10.2. The summed E-state index contributed by atoms with van der Waals surface area (Å²) < 4.78 is 6.41. The quantitative estimate of drug-likeness (QED) is 0.655. The Bertz CT molecular complexity index is 680. The largest absolute Gasteiger partial charge is 0.465 e. The first-order valence-corrected chi connectivity index (χ1v) is 7.57. The fourth-order valence-corrected chi connectivity index (χ4v) is 3.87. The van der Waals surface area contributed by atoms with Crippen molar-refractivity contribution in [3.63, 3.8) is 0 Å². The molecule has 1 aliphatic rings. The second-order valence-corrected chi connectivity index (χ2v) is 6.00. The third-order valence-corrected chi connectivity index (χ3v) is 4.59. The molecule has 9 heteroatoms. The minimum Gasteiger partial charge on any atom is -0.465 e. The molecule has 0 saturated heterocycles. The van der Waals surface area contributed by atoms with E-state index in [1.807, 2.05) is 0 Å². The summed E-state index contributed by atoms with van der Waals surface area (Å²) in [5.41, 5.74) is 4.57. The molecule has 0 atom stereocenters. The molecule has 0 spiro atoms. The number of fused-ring (bicyclic) bond motifs is 1. The van der Waals surface area contributed by atoms with Crippen LogP contribution in [0.3, 0.4) is 0 Å². The molecule has 2 N–H and O–H groups in total. The van der Waals surface area contributed by atoms with Crippen molar-refractivity contribution in [3.8, 4) is 0 Å². The van der Waals surface area contributed by atoms with Gasteiger partial charge in [0, 0.05) is 4.88 Å². The zero-order chi connectivity index (χ0) is 14.8. The van der Waals surface area contributed by atoms with Crippen LogP contribution in [0.5, 0.6) is 0 Å². The van der Waals surface area contributed by atoms with Crippen LogP contribution >= 0.6 is 23.6 Å². The van der Waals surface area contributed by atoms with Gasteiger partial charge < -0.3 is 10.1 Å². The summed E-state index contributed by atoms with van der Waals surface area (Å²) in [5.74, 6) is -0.330. The van der Waals surface area contributed by atoms with Crippen LogP contribution in [0.15, 0.2) is 12.7 Å². The number of carbonyl (C=O) groups is 1. The monoisotopic (exact) mass is 323 g/mol. The molecule has 0 aromatic carbocycles. The SMILES string of the molecule is COC(=O)c1c(NC(=S)Nn2cnnc2)sc2c1CCC2. The fraction of sp³-hybridized carbons (Fsp3) is 0.333. The van der Waals surface area contributed by atoms with Gasteiger partial charge in [0.05, 0.1) is 12.7 Å². The number of anilines is 1. The zero-order valence-corrected chi connectivity index (χ0v) is 12.9. The maximum Gasteiger partial charge on any atom is 0.341 e. The fourth-order valence-electron chi connectivity index (χ4n) is 2.32. The number of hydrogen-bond donors (Lipinski definition) is 2. The lowest BCUT2D eigenvalue weighted by atomic mass is 10.1. The molecular formula is C12H13N5O2S2. The minimum absolute atomic E-state index is 0.330. The van der Waals surface area contributed by atoms with Gasteiger partial charge in [-0.15, -0.1) is 21.5 Å². The first kappa shape index (κ1) is 14.0. The number of thiophene rings is 1. The molecule has 0 aliphatic heterocycles. The number of aryl methyl sites for hydroxylation is 1. The van der Waals surface area contributed by atoms with E-state index in [2.05, 4.69) is 20.9 Å². The number of methoxy groups -OCH3 is 1. The summed E-state index contributed by atoms with van der Waals surface area (Å²) in [5, 5.41) is 11.5. The van der Waals surface area contributed by atoms with Crippen LogP contribution in [0, 0.1) is 0 Å². The Kier molecular flexibility index (Phi) is 3.84. The number of aromatic nitrogens is 3. The molecule has 2 heterocycles. The van der Waals surface area contributed by atoms with Crippen molar-refractivity contribution < 1.29 is 9.53 Å². The smallest absolute Gasteiger partial charge is 0.341 e. The average molecular weight is 323 g/mol. The van der Waals surface area contributed by atoms with Crippen LogP contribution < -0.4 is 10.7 Å². The van der Waals surface area contributed by atoms with Gasteiger partial charge in [0.1, 0.15) is 17.7 Å². The molecule has 0 saturated carbocycles. The normalized spacial score (nSPS) is 12.8. The summed E-state index contributed by atoms with van der Waals surface area (Å²) in [6, 6.07) is 0. The predicted molar refractivity (Wildman–Crippen MR) is 83.3 cm³/mol. The van der Waals surface area contributed by atoms with Gasteiger partial charge in [-0.1, -0.05) is 0 Å². The molecule has 0 amide bonds. The molecule has 21 heavy (non-hydrogen) atoms. The van der Waals surface area contributed by atoms with Crippen LogP contribution in [0.25, 0.3) is 0 Å². The predicted octanol–water partition coefficient (Wildman–Crippen LogP) is 1.56. The van der Waals surface area contributed by atoms with Crippen molar-refractivity contribution in [2.75, 3.05) is 17.9 Å². The lowest BCUT2D eigenvalue weighted by Crippen LogP contribution is -2.26. The summed E-state index contributed by atoms with van der Waals surface area (Å²) in [6.45, 7) is 0. The van der Waals surface area contributed by atoms with Gasteiger partial charge in [-0.2, -0.15) is 0 Å². The van der Waals surface area contributed by atoms with Crippen LogP contribution in [0.1, 0.15) is 27.2 Å². The number of esters is 1. The number of nitrogens with zero attached hydrogens (tertiary/aromatic N) is 3. The number of ether oxygens (including phenoxy) is 1. The highest BCUT2D eigenvalue weighted by atomic mass is 32.1. The topological polar surface area (TPSA) is 81.1 Å². The third-order valence-electron chi connectivity index (χ3n) is 3.19. The Morgan fingerprint density at radius 3 is 2.90 bits per heavy atom. The highest BCUT2D eigenvalue weighted by Gasteiger charge is 2.27. The van der Waals surface area contributed by atoms with E-state index in [1.165, 1.54) is 29.3 Å². The molecule has 3 rings (SSSR count). The maximum absolute atomic E-state index is 12.0. The van der Waals surface area contributed by atoms with Crippen molar-refractivity contribution in [2.24, 2.45) is 0 Å². The van der Waals surface area contributed by atoms with E-state index in [1.54, 1.807) is 11.3 Å². The van der Waals surface area contributed by atoms with E-state index < -0.39 is 0 Å². The van der Waals surface area contributed by atoms with Crippen molar-refractivity contribution in [1.29, 1.82) is 0 Å². The van der Waals surface area contributed by atoms with Crippen LogP contribution in [0.2, 0.25) is 0 Å². The first-order valence-electron chi connectivity index (χ1n) is 6.34. The van der Waals surface area contributed by atoms with Gasteiger partial charge >= 0.3 is 5.97 Å². The maximum atomic E-state index is 12.0. The summed E-state index contributed by atoms with van der Waals surface area (Å²) in [7, 11) is 1.39. The van der Waals surface area contributed by atoms with E-state index in [4.69, 9.17) is 17.0 Å². The Morgan fingerprint density at radius 2 is 2.19 bits per heavy atom. The van der Waals surface area contributed by atoms with E-state index in [9.17, 15) is 4.79 Å². The number of nitrogens with one attached hydrogen (secondary N) is 2. The Morgan fingerprint density at radius 1 is 1.43 bits per heavy atom. The number of hydrogen-bond acceptors (Lipinski definition) is 6. The number of carbonyl (C=O) groups excluding carboxylic acids is 1. The molecule has 7 nitrogen and oxygen atoms in total. The van der Waals surface area contributed by atoms with E-state index in [0.717, 1.165) is 29.8 Å². The van der Waals surface area contributed by atoms with E-state index in [-0.39, 0.29) is 5.97 Å². The second-order valence-electron chi connectivity index (χ2n) is 4.49. The van der Waals surface area contributed by atoms with Gasteiger partial charge in [-0.25, -0.2) is 9.47 Å². The molecule has 0 radical (unpaired) electrons. The molecule has 1 aliphatic carbocycles. The van der Waals surface area contributed by atoms with Gasteiger partial charge in [0.15, 0.2) is 5.11 Å². The van der Waals surface area contributed by atoms with Crippen LogP contribution in [0.4, 0.5) is 5.00 Å². The van der Waals surface area contributed by atoms with Gasteiger partial charge in [0.25, 0.3) is 0 Å². The Hall–Kier alpha value is -2.00. The third kappa shape index (κ3) is 2.74. The highest BCUT2D eigenvalue weighted by Crippen LogP contribution is 2.39. The lowest BCUT2D eigenvalue weighted by Gasteiger charge is -2.10. The summed E-state index contributed by atoms with van der Waals surface area (Å²) in [6.07, 6.45) is 5.96. The van der Waals surface area contributed by atoms with Gasteiger partial charge in [-0.05, 0) is 37.0 Å². The van der Waals surface area contributed by atoms with Crippen LogP contribution in [-0.2, 0) is 17.6 Å². The highest BCUT2D eigenvalue weighted by molar-refractivity contribution is 7.80. The van der Waals surface area contributed by atoms with Crippen molar-refractivity contribution in [3.05, 3.63) is 28.7 Å². The van der Waals surface area contributed by atoms with E-state index >= 15 is 0 Å². The molecule has 0 unspecified atom stereocenters. The van der Waals surface area contributed by atoms with Gasteiger partial charge in [0.2, 0.25) is 0 Å². The number of thiocarbonyl (C=S) groups is 1. The average Bonchev–Trinajstić information content (AvgIpc) is 3.14. The van der Waals surface area contributed by atoms with Crippen molar-refractivity contribution in [1.82, 2.24) is 14.9 Å². The Balaban J connectivity index is 1.82. The number of rotatable bonds is 3. The molecule has 0 fully saturated rings. The molecule has 0 bridgehead atoms. The lowest BCUT2D eigenvalue weighted by molar-refractivity contribution is 0.0601. The summed E-state index contributed by atoms with van der Waals surface area (Å²) >= 11 is 6.78. The van der Waals surface area contributed by atoms with Crippen LogP contribution in [-0.4, -0.2) is 33.1 Å². The van der Waals surface area contributed by atoms with Crippen molar-refractivity contribution in [2.45, 2.75) is 19.3 Å². The summed E-state index contributed by atoms with van der Waals surface area (Å²) in [4.78, 5) is 13.2. The van der Waals surface area contributed by atoms with E-state index in [0.29, 0.717) is 10.7 Å². The molecular weight excluding hydrogens is 310 g/mol. The Labute approximate surface area is 130 Å². The van der Waals surface area contributed by atoms with Gasteiger partial charge in [-0.3, -0.25) is 5.43 Å². The molecule has 110 valence electrons. The molecule has 2 aromatic rings. The zero-order valence-electron chi connectivity index (χ0n) is 11.3. The standard InChI is InChI=1S/C12H13N5O2S2/c1-19-11(18)9-7-3-2-4-8(7)21-10(9)15-12(20)16-17-5-13-14-6-17/h5-6H,2-4H2,1H3,(H2,15,16,20). The van der Waals surface area contributed by atoms with Crippen molar-refractivity contribution >= 4 is 39.6 Å². The second kappa shape index (κ2) is 5.78.